The number of amides is 1. The first-order valence-electron chi connectivity index (χ1n) is 7.93. The summed E-state index contributed by atoms with van der Waals surface area (Å²) in [6.45, 7) is 9.24. The van der Waals surface area contributed by atoms with E-state index in [1.165, 1.54) is 16.8 Å². The second-order valence-corrected chi connectivity index (χ2v) is 5.64. The maximum Gasteiger partial charge on any atom is 0.242 e. The molecule has 1 aliphatic rings. The number of carbonyl (C=O) groups is 1. The number of fused-ring (bicyclic) bond motifs is 1. The summed E-state index contributed by atoms with van der Waals surface area (Å²) < 4.78 is 0. The molecule has 1 unspecified atom stereocenters. The zero-order valence-electron chi connectivity index (χ0n) is 13.6. The summed E-state index contributed by atoms with van der Waals surface area (Å²) in [7, 11) is 1.98. The highest BCUT2D eigenvalue weighted by molar-refractivity contribution is 5.82. The lowest BCUT2D eigenvalue weighted by Crippen LogP contribution is -2.39. The number of likely N-dealkylation sites (N-methyl/N-ethyl adjacent to an activating group) is 1. The van der Waals surface area contributed by atoms with Gasteiger partial charge >= 0.3 is 0 Å². The quantitative estimate of drug-likeness (QED) is 0.872. The minimum atomic E-state index is 0.223. The molecule has 1 aromatic carbocycles. The third kappa shape index (κ3) is 3.38. The summed E-state index contributed by atoms with van der Waals surface area (Å²) in [6, 6.07) is 6.97. The third-order valence-electron chi connectivity index (χ3n) is 4.47. The number of carbonyl (C=O) groups excluding carboxylic acids is 1. The molecule has 4 nitrogen and oxygen atoms in total. The van der Waals surface area contributed by atoms with Gasteiger partial charge in [0.1, 0.15) is 0 Å². The Morgan fingerprint density at radius 1 is 1.38 bits per heavy atom. The average molecular weight is 289 g/mol. The Morgan fingerprint density at radius 2 is 2.10 bits per heavy atom. The van der Waals surface area contributed by atoms with E-state index < -0.39 is 0 Å². The van der Waals surface area contributed by atoms with Crippen LogP contribution in [0.15, 0.2) is 18.2 Å². The van der Waals surface area contributed by atoms with Crippen molar-refractivity contribution in [3.05, 3.63) is 29.3 Å². The van der Waals surface area contributed by atoms with Gasteiger partial charge in [0.05, 0.1) is 6.54 Å². The first-order chi connectivity index (χ1) is 10.1. The molecule has 0 aromatic heterocycles. The van der Waals surface area contributed by atoms with Gasteiger partial charge in [0.25, 0.3) is 0 Å². The Kier molecular flexibility index (Phi) is 5.23. The van der Waals surface area contributed by atoms with Crippen molar-refractivity contribution in [1.82, 2.24) is 10.2 Å². The topological polar surface area (TPSA) is 35.6 Å². The molecule has 0 radical (unpaired) electrons. The van der Waals surface area contributed by atoms with Gasteiger partial charge in [0, 0.05) is 31.4 Å². The lowest BCUT2D eigenvalue weighted by molar-refractivity contribution is -0.129. The summed E-state index contributed by atoms with van der Waals surface area (Å²) in [5.41, 5.74) is 3.90. The lowest BCUT2D eigenvalue weighted by Gasteiger charge is -2.24. The van der Waals surface area contributed by atoms with Crippen molar-refractivity contribution in [3.63, 3.8) is 0 Å². The molecule has 0 saturated carbocycles. The first kappa shape index (κ1) is 15.8. The van der Waals surface area contributed by atoms with Crippen molar-refractivity contribution in [2.24, 2.45) is 0 Å². The van der Waals surface area contributed by atoms with E-state index in [1.54, 1.807) is 0 Å². The van der Waals surface area contributed by atoms with E-state index in [9.17, 15) is 4.79 Å². The Labute approximate surface area is 128 Å². The van der Waals surface area contributed by atoms with Crippen molar-refractivity contribution in [1.29, 1.82) is 0 Å². The van der Waals surface area contributed by atoms with Crippen LogP contribution in [0.1, 0.15) is 37.9 Å². The molecule has 0 aliphatic carbocycles. The van der Waals surface area contributed by atoms with E-state index in [1.807, 2.05) is 25.8 Å². The molecular weight excluding hydrogens is 262 g/mol. The number of hydrogen-bond donors (Lipinski definition) is 1. The normalized spacial score (nSPS) is 15.0. The summed E-state index contributed by atoms with van der Waals surface area (Å²) >= 11 is 0. The summed E-state index contributed by atoms with van der Waals surface area (Å²) in [6.07, 6.45) is 1.03. The van der Waals surface area contributed by atoms with Crippen molar-refractivity contribution >= 4 is 11.6 Å². The molecule has 4 heteroatoms. The van der Waals surface area contributed by atoms with Gasteiger partial charge in [-0.3, -0.25) is 4.79 Å². The average Bonchev–Trinajstić information content (AvgIpc) is 2.90. The van der Waals surface area contributed by atoms with E-state index in [0.29, 0.717) is 12.6 Å². The molecule has 116 valence electrons. The molecule has 0 saturated heterocycles. The van der Waals surface area contributed by atoms with Crippen LogP contribution in [0.4, 0.5) is 5.69 Å². The number of benzene rings is 1. The molecule has 0 bridgehead atoms. The molecule has 1 aliphatic heterocycles. The maximum absolute atomic E-state index is 12.3. The smallest absolute Gasteiger partial charge is 0.242 e. The van der Waals surface area contributed by atoms with Gasteiger partial charge < -0.3 is 15.1 Å². The molecule has 1 amide bonds. The fraction of sp³-hybridized carbons (Fsp3) is 0.588. The molecule has 0 spiro atoms. The van der Waals surface area contributed by atoms with Crippen LogP contribution < -0.4 is 10.2 Å². The Bertz CT molecular complexity index is 497. The SMILES string of the molecule is CCN(CC)C(=O)CN1CCc2cc(C(C)NC)ccc21. The minimum absolute atomic E-state index is 0.223. The van der Waals surface area contributed by atoms with Crippen LogP contribution in [0.25, 0.3) is 0 Å². The van der Waals surface area contributed by atoms with Crippen LogP contribution in [0.5, 0.6) is 0 Å². The van der Waals surface area contributed by atoms with Gasteiger partial charge in [-0.1, -0.05) is 12.1 Å². The van der Waals surface area contributed by atoms with Crippen LogP contribution >= 0.6 is 0 Å². The highest BCUT2D eigenvalue weighted by atomic mass is 16.2. The number of nitrogens with one attached hydrogen (secondary N) is 1. The fourth-order valence-electron chi connectivity index (χ4n) is 2.93. The second-order valence-electron chi connectivity index (χ2n) is 5.64. The van der Waals surface area contributed by atoms with E-state index in [2.05, 4.69) is 35.3 Å². The second kappa shape index (κ2) is 6.94. The molecule has 1 heterocycles. The number of rotatable bonds is 6. The van der Waals surface area contributed by atoms with Crippen LogP contribution in [0.2, 0.25) is 0 Å². The molecule has 1 atom stereocenters. The van der Waals surface area contributed by atoms with Gasteiger partial charge in [-0.15, -0.1) is 0 Å². The van der Waals surface area contributed by atoms with Gasteiger partial charge in [-0.05, 0) is 51.4 Å². The third-order valence-corrected chi connectivity index (χ3v) is 4.47. The highest BCUT2D eigenvalue weighted by Gasteiger charge is 2.23. The van der Waals surface area contributed by atoms with Gasteiger partial charge in [-0.2, -0.15) is 0 Å². The van der Waals surface area contributed by atoms with Crippen molar-refractivity contribution < 1.29 is 4.79 Å². The molecule has 0 fully saturated rings. The largest absolute Gasteiger partial charge is 0.362 e. The molecule has 1 aromatic rings. The van der Waals surface area contributed by atoms with Gasteiger partial charge in [-0.25, -0.2) is 0 Å². The van der Waals surface area contributed by atoms with Gasteiger partial charge in [0.15, 0.2) is 0 Å². The van der Waals surface area contributed by atoms with Crippen LogP contribution in [-0.2, 0) is 11.2 Å². The van der Waals surface area contributed by atoms with Crippen molar-refractivity contribution in [3.8, 4) is 0 Å². The van der Waals surface area contributed by atoms with Gasteiger partial charge in [0.2, 0.25) is 5.91 Å². The standard InChI is InChI=1S/C17H27N3O/c1-5-19(6-2)17(21)12-20-10-9-15-11-14(13(3)18-4)7-8-16(15)20/h7-8,11,13,18H,5-6,9-10,12H2,1-4H3. The zero-order chi connectivity index (χ0) is 15.4. The highest BCUT2D eigenvalue weighted by Crippen LogP contribution is 2.30. The minimum Gasteiger partial charge on any atom is -0.362 e. The number of anilines is 1. The Hall–Kier alpha value is -1.55. The molecule has 21 heavy (non-hydrogen) atoms. The van der Waals surface area contributed by atoms with E-state index in [-0.39, 0.29) is 5.91 Å². The lowest BCUT2D eigenvalue weighted by atomic mass is 10.0. The van der Waals surface area contributed by atoms with E-state index in [4.69, 9.17) is 0 Å². The molecule has 1 N–H and O–H groups in total. The molecular formula is C17H27N3O. The summed E-state index contributed by atoms with van der Waals surface area (Å²) in [5.74, 6) is 0.223. The van der Waals surface area contributed by atoms with Crippen LogP contribution in [0.3, 0.4) is 0 Å². The Balaban J connectivity index is 2.10. The fourth-order valence-corrected chi connectivity index (χ4v) is 2.93. The van der Waals surface area contributed by atoms with E-state index >= 15 is 0 Å². The maximum atomic E-state index is 12.3. The Morgan fingerprint density at radius 3 is 2.71 bits per heavy atom. The number of hydrogen-bond acceptors (Lipinski definition) is 3. The summed E-state index contributed by atoms with van der Waals surface area (Å²) in [5, 5.41) is 3.27. The predicted octanol–water partition coefficient (Wildman–Crippen LogP) is 2.20. The van der Waals surface area contributed by atoms with Crippen LogP contribution in [0, 0.1) is 0 Å². The van der Waals surface area contributed by atoms with Crippen LogP contribution in [-0.4, -0.2) is 44.0 Å². The monoisotopic (exact) mass is 289 g/mol. The van der Waals surface area contributed by atoms with Crippen molar-refractivity contribution in [2.75, 3.05) is 38.1 Å². The first-order valence-corrected chi connectivity index (χ1v) is 7.93. The summed E-state index contributed by atoms with van der Waals surface area (Å²) in [4.78, 5) is 16.4. The predicted molar refractivity (Wildman–Crippen MR) is 87.8 cm³/mol. The molecule has 2 rings (SSSR count). The zero-order valence-corrected chi connectivity index (χ0v) is 13.6. The number of nitrogens with zero attached hydrogens (tertiary/aromatic N) is 2. The van der Waals surface area contributed by atoms with Crippen molar-refractivity contribution in [2.45, 2.75) is 33.2 Å². The van der Waals surface area contributed by atoms with E-state index in [0.717, 1.165) is 26.1 Å².